The number of hydrogen-bond donors (Lipinski definition) is 1. The van der Waals surface area contributed by atoms with Crippen LogP contribution in [0.25, 0.3) is 0 Å². The molecule has 0 radical (unpaired) electrons. The van der Waals surface area contributed by atoms with Crippen LogP contribution in [-0.2, 0) is 4.79 Å². The Bertz CT molecular complexity index is 452. The summed E-state index contributed by atoms with van der Waals surface area (Å²) in [6.07, 6.45) is -0.490. The lowest BCUT2D eigenvalue weighted by Crippen LogP contribution is -2.14. The lowest BCUT2D eigenvalue weighted by Gasteiger charge is -2.15. The van der Waals surface area contributed by atoms with E-state index in [-0.39, 0.29) is 24.0 Å². The largest absolute Gasteiger partial charge is 0.486 e. The van der Waals surface area contributed by atoms with Crippen LogP contribution in [0.2, 0.25) is 0 Å². The number of ether oxygens (including phenoxy) is 1. The molecule has 1 aromatic carbocycles. The molecule has 90 valence electrons. The number of para-hydroxylation sites is 1. The number of hydrogen-bond acceptors (Lipinski definition) is 3. The number of amides is 1. The normalized spacial score (nSPS) is 9.82. The average molecular weight is 236 g/mol. The summed E-state index contributed by atoms with van der Waals surface area (Å²) in [5.74, 6) is -1.05. The summed E-state index contributed by atoms with van der Waals surface area (Å²) in [5, 5.41) is 10.8. The fourth-order valence-electron chi connectivity index (χ4n) is 1.23. The van der Waals surface area contributed by atoms with E-state index in [0.717, 1.165) is 0 Å². The van der Waals surface area contributed by atoms with Gasteiger partial charge in [-0.3, -0.25) is 4.79 Å². The highest BCUT2D eigenvalue weighted by molar-refractivity contribution is 5.93. The summed E-state index contributed by atoms with van der Waals surface area (Å²) < 4.78 is 18.8. The molecule has 17 heavy (non-hydrogen) atoms. The Balaban J connectivity index is 2.94. The van der Waals surface area contributed by atoms with E-state index in [1.54, 1.807) is 19.9 Å². The Morgan fingerprint density at radius 1 is 1.59 bits per heavy atom. The molecule has 5 heteroatoms. The summed E-state index contributed by atoms with van der Waals surface area (Å²) in [7, 11) is 0. The van der Waals surface area contributed by atoms with Crippen LogP contribution in [-0.4, -0.2) is 12.0 Å². The summed E-state index contributed by atoms with van der Waals surface area (Å²) in [6.45, 7) is 3.51. The van der Waals surface area contributed by atoms with Crippen molar-refractivity contribution < 1.29 is 13.9 Å². The molecule has 0 aliphatic heterocycles. The molecule has 0 bridgehead atoms. The van der Waals surface area contributed by atoms with Gasteiger partial charge in [-0.1, -0.05) is 6.07 Å². The zero-order valence-corrected chi connectivity index (χ0v) is 9.66. The van der Waals surface area contributed by atoms with Gasteiger partial charge in [-0.2, -0.15) is 5.26 Å². The van der Waals surface area contributed by atoms with Crippen molar-refractivity contribution in [1.29, 1.82) is 5.26 Å². The van der Waals surface area contributed by atoms with Crippen LogP contribution in [0, 0.1) is 17.1 Å². The third-order valence-corrected chi connectivity index (χ3v) is 1.83. The van der Waals surface area contributed by atoms with Gasteiger partial charge in [0.2, 0.25) is 5.91 Å². The van der Waals surface area contributed by atoms with Crippen LogP contribution in [0.1, 0.15) is 20.3 Å². The van der Waals surface area contributed by atoms with E-state index in [1.807, 2.05) is 0 Å². The fourth-order valence-corrected chi connectivity index (χ4v) is 1.23. The van der Waals surface area contributed by atoms with Crippen molar-refractivity contribution in [2.45, 2.75) is 26.4 Å². The van der Waals surface area contributed by atoms with Gasteiger partial charge in [-0.25, -0.2) is 4.39 Å². The number of benzene rings is 1. The third-order valence-electron chi connectivity index (χ3n) is 1.83. The first-order valence-corrected chi connectivity index (χ1v) is 5.16. The van der Waals surface area contributed by atoms with Crippen LogP contribution >= 0.6 is 0 Å². The van der Waals surface area contributed by atoms with Gasteiger partial charge < -0.3 is 10.1 Å². The lowest BCUT2D eigenvalue weighted by atomic mass is 10.2. The highest BCUT2D eigenvalue weighted by Crippen LogP contribution is 2.28. The Kier molecular flexibility index (Phi) is 4.46. The molecule has 1 rings (SSSR count). The summed E-state index contributed by atoms with van der Waals surface area (Å²) in [5.41, 5.74) is 0.235. The molecule has 0 aliphatic carbocycles. The standard InChI is InChI=1S/C12H13FN2O2/c1-8(2)17-12-9(13)4-3-5-10(12)15-11(16)6-7-14/h3-5,8H,6H2,1-2H3,(H,15,16). The molecule has 0 aliphatic rings. The maximum absolute atomic E-state index is 13.5. The summed E-state index contributed by atoms with van der Waals surface area (Å²) in [4.78, 5) is 11.3. The monoisotopic (exact) mass is 236 g/mol. The van der Waals surface area contributed by atoms with Gasteiger partial charge in [0.15, 0.2) is 11.6 Å². The molecule has 0 fully saturated rings. The average Bonchev–Trinajstić information content (AvgIpc) is 2.23. The first-order chi connectivity index (χ1) is 8.04. The molecule has 1 amide bonds. The van der Waals surface area contributed by atoms with Gasteiger partial charge in [0.25, 0.3) is 0 Å². The molecule has 4 nitrogen and oxygen atoms in total. The summed E-state index contributed by atoms with van der Waals surface area (Å²) >= 11 is 0. The molecule has 0 heterocycles. The molecular formula is C12H13FN2O2. The predicted molar refractivity (Wildman–Crippen MR) is 61.0 cm³/mol. The van der Waals surface area contributed by atoms with Gasteiger partial charge in [-0.05, 0) is 26.0 Å². The number of nitriles is 1. The minimum absolute atomic E-state index is 0.00575. The molecule has 1 aromatic rings. The van der Waals surface area contributed by atoms with E-state index in [1.165, 1.54) is 18.2 Å². The second-order valence-corrected chi connectivity index (χ2v) is 3.67. The van der Waals surface area contributed by atoms with E-state index < -0.39 is 11.7 Å². The van der Waals surface area contributed by atoms with Crippen molar-refractivity contribution in [3.63, 3.8) is 0 Å². The van der Waals surface area contributed by atoms with Crippen LogP contribution in [0.3, 0.4) is 0 Å². The number of anilines is 1. The Hall–Kier alpha value is -2.09. The van der Waals surface area contributed by atoms with Crippen LogP contribution < -0.4 is 10.1 Å². The summed E-state index contributed by atoms with van der Waals surface area (Å²) in [6, 6.07) is 5.95. The zero-order valence-electron chi connectivity index (χ0n) is 9.66. The van der Waals surface area contributed by atoms with Crippen molar-refractivity contribution in [2.75, 3.05) is 5.32 Å². The minimum Gasteiger partial charge on any atom is -0.486 e. The van der Waals surface area contributed by atoms with Crippen molar-refractivity contribution >= 4 is 11.6 Å². The molecule has 0 saturated carbocycles. The first-order valence-electron chi connectivity index (χ1n) is 5.16. The smallest absolute Gasteiger partial charge is 0.238 e. The number of halogens is 1. The number of nitrogens with zero attached hydrogens (tertiary/aromatic N) is 1. The van der Waals surface area contributed by atoms with Gasteiger partial charge in [0.1, 0.15) is 6.42 Å². The number of carbonyl (C=O) groups excluding carboxylic acids is 1. The van der Waals surface area contributed by atoms with E-state index >= 15 is 0 Å². The van der Waals surface area contributed by atoms with Gasteiger partial charge in [-0.15, -0.1) is 0 Å². The minimum atomic E-state index is -0.548. The van der Waals surface area contributed by atoms with Crippen molar-refractivity contribution in [3.8, 4) is 11.8 Å². The van der Waals surface area contributed by atoms with E-state index in [0.29, 0.717) is 0 Å². The molecule has 0 unspecified atom stereocenters. The molecule has 0 atom stereocenters. The van der Waals surface area contributed by atoms with Crippen LogP contribution in [0.15, 0.2) is 18.2 Å². The van der Waals surface area contributed by atoms with Crippen molar-refractivity contribution in [3.05, 3.63) is 24.0 Å². The number of rotatable bonds is 4. The highest BCUT2D eigenvalue weighted by atomic mass is 19.1. The zero-order chi connectivity index (χ0) is 12.8. The van der Waals surface area contributed by atoms with Gasteiger partial charge >= 0.3 is 0 Å². The van der Waals surface area contributed by atoms with Crippen molar-refractivity contribution in [1.82, 2.24) is 0 Å². The molecule has 0 spiro atoms. The van der Waals surface area contributed by atoms with Crippen LogP contribution in [0.5, 0.6) is 5.75 Å². The van der Waals surface area contributed by atoms with E-state index in [9.17, 15) is 9.18 Å². The molecular weight excluding hydrogens is 223 g/mol. The molecule has 1 N–H and O–H groups in total. The predicted octanol–water partition coefficient (Wildman–Crippen LogP) is 2.47. The molecule has 0 saturated heterocycles. The topological polar surface area (TPSA) is 62.1 Å². The third kappa shape index (κ3) is 3.76. The number of nitrogens with one attached hydrogen (secondary N) is 1. The molecule has 0 aromatic heterocycles. The Labute approximate surface area is 99.0 Å². The maximum atomic E-state index is 13.5. The lowest BCUT2D eigenvalue weighted by molar-refractivity contribution is -0.115. The highest BCUT2D eigenvalue weighted by Gasteiger charge is 2.13. The SMILES string of the molecule is CC(C)Oc1c(F)cccc1NC(=O)CC#N. The Morgan fingerprint density at radius 3 is 2.88 bits per heavy atom. The first kappa shape index (κ1) is 13.0. The van der Waals surface area contributed by atoms with Crippen LogP contribution in [0.4, 0.5) is 10.1 Å². The Morgan fingerprint density at radius 2 is 2.29 bits per heavy atom. The fraction of sp³-hybridized carbons (Fsp3) is 0.333. The second kappa shape index (κ2) is 5.85. The number of carbonyl (C=O) groups is 1. The maximum Gasteiger partial charge on any atom is 0.238 e. The second-order valence-electron chi connectivity index (χ2n) is 3.67. The van der Waals surface area contributed by atoms with Gasteiger partial charge in [0, 0.05) is 0 Å². The van der Waals surface area contributed by atoms with Gasteiger partial charge in [0.05, 0.1) is 17.9 Å². The quantitative estimate of drug-likeness (QED) is 0.873. The van der Waals surface area contributed by atoms with E-state index in [2.05, 4.69) is 5.32 Å². The van der Waals surface area contributed by atoms with Crippen molar-refractivity contribution in [2.24, 2.45) is 0 Å². The van der Waals surface area contributed by atoms with E-state index in [4.69, 9.17) is 10.00 Å².